The van der Waals surface area contributed by atoms with Gasteiger partial charge in [0.05, 0.1) is 0 Å². The van der Waals surface area contributed by atoms with Gasteiger partial charge in [-0.25, -0.2) is 0 Å². The molecule has 4 nitrogen and oxygen atoms in total. The zero-order valence-corrected chi connectivity index (χ0v) is 16.1. The number of amides is 1. The molecule has 0 bridgehead atoms. The van der Waals surface area contributed by atoms with E-state index in [1.807, 2.05) is 53.4 Å². The number of anilines is 2. The summed E-state index contributed by atoms with van der Waals surface area (Å²) >= 11 is 11.5. The van der Waals surface area contributed by atoms with Crippen LogP contribution in [0.25, 0.3) is 0 Å². The molecule has 2 aromatic carbocycles. The van der Waals surface area contributed by atoms with Gasteiger partial charge >= 0.3 is 0 Å². The van der Waals surface area contributed by atoms with Gasteiger partial charge in [0, 0.05) is 35.9 Å². The van der Waals surface area contributed by atoms with E-state index in [0.29, 0.717) is 11.5 Å². The fourth-order valence-electron chi connectivity index (χ4n) is 3.00. The molecule has 2 N–H and O–H groups in total. The number of nitrogens with zero attached hydrogens (tertiary/aromatic N) is 1. The Morgan fingerprint density at radius 1 is 1.15 bits per heavy atom. The number of carbonyl (C=O) groups excluding carboxylic acids is 1. The number of halogens is 1. The van der Waals surface area contributed by atoms with Gasteiger partial charge < -0.3 is 15.5 Å². The molecule has 0 aromatic heterocycles. The Hall–Kier alpha value is -2.11. The van der Waals surface area contributed by atoms with E-state index < -0.39 is 0 Å². The standard InChI is InChI=1S/C20H22ClN3OS/c21-18-7-2-1-5-15(18)6-3-13-22-20(26)23-16-9-11-17(12-10-16)24-14-4-8-19(24)25/h1-2,5,7,9-12H,3-4,6,8,13-14H2,(H2,22,23,26). The van der Waals surface area contributed by atoms with Crippen LogP contribution in [0.15, 0.2) is 48.5 Å². The van der Waals surface area contributed by atoms with Crippen LogP contribution in [0.3, 0.4) is 0 Å². The maximum atomic E-state index is 11.8. The SMILES string of the molecule is O=C1CCCN1c1ccc(NC(=S)NCCCc2ccccc2Cl)cc1. The van der Waals surface area contributed by atoms with Gasteiger partial charge in [-0.3, -0.25) is 4.79 Å². The first-order valence-corrected chi connectivity index (χ1v) is 9.61. The van der Waals surface area contributed by atoms with Crippen LogP contribution >= 0.6 is 23.8 Å². The van der Waals surface area contributed by atoms with E-state index in [9.17, 15) is 4.79 Å². The number of carbonyl (C=O) groups is 1. The molecule has 6 heteroatoms. The highest BCUT2D eigenvalue weighted by Crippen LogP contribution is 2.23. The van der Waals surface area contributed by atoms with Crippen LogP contribution < -0.4 is 15.5 Å². The van der Waals surface area contributed by atoms with Gasteiger partial charge in [-0.05, 0) is 67.4 Å². The van der Waals surface area contributed by atoms with E-state index in [4.69, 9.17) is 23.8 Å². The summed E-state index contributed by atoms with van der Waals surface area (Å²) in [5, 5.41) is 7.78. The molecule has 136 valence electrons. The smallest absolute Gasteiger partial charge is 0.227 e. The molecule has 2 aromatic rings. The second kappa shape index (κ2) is 9.01. The molecule has 0 radical (unpaired) electrons. The third kappa shape index (κ3) is 4.96. The van der Waals surface area contributed by atoms with E-state index in [0.717, 1.165) is 54.3 Å². The normalized spacial score (nSPS) is 13.7. The number of thiocarbonyl (C=S) groups is 1. The van der Waals surface area contributed by atoms with Crippen molar-refractivity contribution in [3.8, 4) is 0 Å². The van der Waals surface area contributed by atoms with Crippen molar-refractivity contribution in [3.05, 3.63) is 59.1 Å². The van der Waals surface area contributed by atoms with Crippen molar-refractivity contribution in [3.63, 3.8) is 0 Å². The fourth-order valence-corrected chi connectivity index (χ4v) is 3.45. The molecule has 1 saturated heterocycles. The van der Waals surface area contributed by atoms with Gasteiger partial charge in [0.25, 0.3) is 0 Å². The lowest BCUT2D eigenvalue weighted by Gasteiger charge is -2.16. The van der Waals surface area contributed by atoms with Gasteiger partial charge in [0.1, 0.15) is 0 Å². The van der Waals surface area contributed by atoms with E-state index >= 15 is 0 Å². The highest BCUT2D eigenvalue weighted by molar-refractivity contribution is 7.80. The minimum Gasteiger partial charge on any atom is -0.362 e. The topological polar surface area (TPSA) is 44.4 Å². The van der Waals surface area contributed by atoms with E-state index in [2.05, 4.69) is 10.6 Å². The molecule has 0 saturated carbocycles. The maximum absolute atomic E-state index is 11.8. The summed E-state index contributed by atoms with van der Waals surface area (Å²) in [6.45, 7) is 1.58. The van der Waals surface area contributed by atoms with Crippen LogP contribution in [0.1, 0.15) is 24.8 Å². The second-order valence-corrected chi connectivity index (χ2v) is 7.09. The van der Waals surface area contributed by atoms with Crippen LogP contribution in [-0.4, -0.2) is 24.1 Å². The Labute approximate surface area is 164 Å². The van der Waals surface area contributed by atoms with Crippen LogP contribution in [-0.2, 0) is 11.2 Å². The Balaban J connectivity index is 1.42. The van der Waals surface area contributed by atoms with Crippen molar-refractivity contribution in [1.29, 1.82) is 0 Å². The van der Waals surface area contributed by atoms with Crippen molar-refractivity contribution >= 4 is 46.2 Å². The lowest BCUT2D eigenvalue weighted by atomic mass is 10.1. The molecule has 26 heavy (non-hydrogen) atoms. The highest BCUT2D eigenvalue weighted by atomic mass is 35.5. The summed E-state index contributed by atoms with van der Waals surface area (Å²) in [6, 6.07) is 15.7. The molecule has 1 amide bonds. The quantitative estimate of drug-likeness (QED) is 0.570. The summed E-state index contributed by atoms with van der Waals surface area (Å²) in [7, 11) is 0. The monoisotopic (exact) mass is 387 g/mol. The lowest BCUT2D eigenvalue weighted by Crippen LogP contribution is -2.29. The Morgan fingerprint density at radius 2 is 1.92 bits per heavy atom. The van der Waals surface area contributed by atoms with Gasteiger partial charge in [0.2, 0.25) is 5.91 Å². The third-order valence-corrected chi connectivity index (χ3v) is 4.99. The van der Waals surface area contributed by atoms with Crippen LogP contribution in [0.4, 0.5) is 11.4 Å². The third-order valence-electron chi connectivity index (χ3n) is 4.38. The van der Waals surface area contributed by atoms with Gasteiger partial charge in [-0.1, -0.05) is 29.8 Å². The number of nitrogens with one attached hydrogen (secondary N) is 2. The molecule has 1 heterocycles. The summed E-state index contributed by atoms with van der Waals surface area (Å²) in [6.07, 6.45) is 3.43. The predicted molar refractivity (Wildman–Crippen MR) is 112 cm³/mol. The van der Waals surface area contributed by atoms with Crippen LogP contribution in [0.5, 0.6) is 0 Å². The Bertz CT molecular complexity index is 779. The predicted octanol–water partition coefficient (Wildman–Crippen LogP) is 4.39. The van der Waals surface area contributed by atoms with Crippen molar-refractivity contribution in [2.75, 3.05) is 23.3 Å². The lowest BCUT2D eigenvalue weighted by molar-refractivity contribution is -0.117. The fraction of sp³-hybridized carbons (Fsp3) is 0.300. The summed E-state index contributed by atoms with van der Waals surface area (Å²) in [5.41, 5.74) is 3.00. The molecule has 0 atom stereocenters. The number of hydrogen-bond donors (Lipinski definition) is 2. The average molecular weight is 388 g/mol. The minimum absolute atomic E-state index is 0.196. The molecular formula is C20H22ClN3OS. The zero-order chi connectivity index (χ0) is 18.4. The summed E-state index contributed by atoms with van der Waals surface area (Å²) in [5.74, 6) is 0.196. The van der Waals surface area contributed by atoms with Gasteiger partial charge in [-0.2, -0.15) is 0 Å². The summed E-state index contributed by atoms with van der Waals surface area (Å²) in [4.78, 5) is 13.6. The van der Waals surface area contributed by atoms with E-state index in [-0.39, 0.29) is 5.91 Å². The van der Waals surface area contributed by atoms with Crippen LogP contribution in [0.2, 0.25) is 5.02 Å². The molecule has 1 aliphatic rings. The Morgan fingerprint density at radius 3 is 2.62 bits per heavy atom. The molecule has 0 aliphatic carbocycles. The number of hydrogen-bond acceptors (Lipinski definition) is 2. The van der Waals surface area contributed by atoms with Crippen molar-refractivity contribution in [1.82, 2.24) is 5.32 Å². The first-order valence-electron chi connectivity index (χ1n) is 8.82. The largest absolute Gasteiger partial charge is 0.362 e. The molecule has 0 unspecified atom stereocenters. The molecule has 1 aliphatic heterocycles. The number of benzene rings is 2. The van der Waals surface area contributed by atoms with E-state index in [1.165, 1.54) is 0 Å². The Kier molecular flexibility index (Phi) is 6.47. The summed E-state index contributed by atoms with van der Waals surface area (Å²) < 4.78 is 0. The number of aryl methyl sites for hydroxylation is 1. The van der Waals surface area contributed by atoms with Crippen molar-refractivity contribution in [2.45, 2.75) is 25.7 Å². The molecule has 0 spiro atoms. The van der Waals surface area contributed by atoms with E-state index in [1.54, 1.807) is 0 Å². The van der Waals surface area contributed by atoms with Crippen molar-refractivity contribution in [2.24, 2.45) is 0 Å². The highest BCUT2D eigenvalue weighted by Gasteiger charge is 2.21. The number of rotatable bonds is 6. The van der Waals surface area contributed by atoms with Gasteiger partial charge in [0.15, 0.2) is 5.11 Å². The second-order valence-electron chi connectivity index (χ2n) is 6.27. The van der Waals surface area contributed by atoms with Gasteiger partial charge in [-0.15, -0.1) is 0 Å². The minimum atomic E-state index is 0.196. The molecule has 3 rings (SSSR count). The average Bonchev–Trinajstić information content (AvgIpc) is 3.07. The molecular weight excluding hydrogens is 366 g/mol. The van der Waals surface area contributed by atoms with Crippen molar-refractivity contribution < 1.29 is 4.79 Å². The first-order chi connectivity index (χ1) is 12.6. The molecule has 1 fully saturated rings. The van der Waals surface area contributed by atoms with Crippen LogP contribution in [0, 0.1) is 0 Å². The zero-order valence-electron chi connectivity index (χ0n) is 14.5. The first kappa shape index (κ1) is 18.7. The maximum Gasteiger partial charge on any atom is 0.227 e.